The molecular formula is C28H39FN2O5Si. The van der Waals surface area contributed by atoms with Crippen LogP contribution in [0.5, 0.6) is 5.75 Å². The van der Waals surface area contributed by atoms with Gasteiger partial charge in [-0.2, -0.15) is 0 Å². The van der Waals surface area contributed by atoms with E-state index in [9.17, 15) is 14.7 Å². The number of nitrogens with zero attached hydrogens (tertiary/aromatic N) is 2. The predicted molar refractivity (Wildman–Crippen MR) is 144 cm³/mol. The second-order valence-electron chi connectivity index (χ2n) is 10.9. The van der Waals surface area contributed by atoms with E-state index < -0.39 is 14.5 Å². The van der Waals surface area contributed by atoms with Crippen LogP contribution in [0, 0.1) is 5.92 Å². The molecule has 2 fully saturated rings. The number of pyridine rings is 1. The number of benzene rings is 1. The molecule has 1 aromatic heterocycles. The molecule has 2 saturated heterocycles. The van der Waals surface area contributed by atoms with E-state index >= 15 is 4.11 Å². The standard InChI is InChI=1S/C28H39FN2O5Si/c1-19-23(13-12-20-8-5-9-21(16-20)31-15-7-11-24(35-2)28(31)34)36-25(27(19)37(3,4)29)17-26(33)30-14-6-10-22(30)18-32/h5,7-9,11,15-16,19,22-23,25,27,32H,6,10,12-14,17-18H2,1-4H3/t19-,22-,23+,25-,27+/m0/s1. The molecule has 0 radical (unpaired) electrons. The number of aliphatic hydroxyl groups is 1. The normalized spacial score (nSPS) is 26.0. The second kappa shape index (κ2) is 11.5. The van der Waals surface area contributed by atoms with Gasteiger partial charge in [-0.25, -0.2) is 0 Å². The van der Waals surface area contributed by atoms with Gasteiger partial charge in [0.25, 0.3) is 5.56 Å². The Labute approximate surface area is 219 Å². The van der Waals surface area contributed by atoms with Crippen LogP contribution in [0.4, 0.5) is 4.11 Å². The molecule has 0 bridgehead atoms. The maximum absolute atomic E-state index is 15.5. The van der Waals surface area contributed by atoms with Crippen molar-refractivity contribution in [1.29, 1.82) is 0 Å². The molecule has 2 aliphatic rings. The van der Waals surface area contributed by atoms with Crippen LogP contribution in [0.3, 0.4) is 0 Å². The third-order valence-corrected chi connectivity index (χ3v) is 10.5. The van der Waals surface area contributed by atoms with E-state index in [2.05, 4.69) is 0 Å². The summed E-state index contributed by atoms with van der Waals surface area (Å²) in [5.74, 6) is 0.236. The molecule has 0 aliphatic carbocycles. The van der Waals surface area contributed by atoms with Gasteiger partial charge in [0.2, 0.25) is 14.3 Å². The Bertz CT molecular complexity index is 1150. The maximum atomic E-state index is 15.5. The van der Waals surface area contributed by atoms with E-state index in [0.717, 1.165) is 24.1 Å². The van der Waals surface area contributed by atoms with Gasteiger partial charge in [0.15, 0.2) is 5.75 Å². The molecule has 1 aromatic carbocycles. The van der Waals surface area contributed by atoms with Crippen LogP contribution in [0.15, 0.2) is 47.4 Å². The number of aryl methyl sites for hydroxylation is 1. The van der Waals surface area contributed by atoms with E-state index in [1.165, 1.54) is 7.11 Å². The van der Waals surface area contributed by atoms with E-state index in [1.807, 2.05) is 31.2 Å². The lowest BCUT2D eigenvalue weighted by Crippen LogP contribution is -2.42. The van der Waals surface area contributed by atoms with Gasteiger partial charge in [0, 0.05) is 24.0 Å². The van der Waals surface area contributed by atoms with Gasteiger partial charge in [-0.05, 0) is 74.5 Å². The minimum Gasteiger partial charge on any atom is -0.491 e. The average Bonchev–Trinajstić information content (AvgIpc) is 3.47. The molecule has 1 amide bonds. The monoisotopic (exact) mass is 530 g/mol. The maximum Gasteiger partial charge on any atom is 0.297 e. The van der Waals surface area contributed by atoms with Gasteiger partial charge in [-0.15, -0.1) is 0 Å². The molecule has 9 heteroatoms. The van der Waals surface area contributed by atoms with Crippen molar-refractivity contribution in [2.45, 2.75) is 75.9 Å². The molecule has 7 nitrogen and oxygen atoms in total. The fourth-order valence-electron chi connectivity index (χ4n) is 6.22. The third-order valence-electron chi connectivity index (χ3n) is 8.02. The number of halogens is 1. The van der Waals surface area contributed by atoms with Crippen molar-refractivity contribution >= 4 is 14.3 Å². The second-order valence-corrected chi connectivity index (χ2v) is 14.7. The number of ether oxygens (including phenoxy) is 2. The minimum atomic E-state index is -3.10. The van der Waals surface area contributed by atoms with E-state index in [1.54, 1.807) is 40.9 Å². The average molecular weight is 531 g/mol. The molecule has 37 heavy (non-hydrogen) atoms. The van der Waals surface area contributed by atoms with Crippen molar-refractivity contribution in [1.82, 2.24) is 9.47 Å². The zero-order valence-electron chi connectivity index (χ0n) is 22.2. The minimum absolute atomic E-state index is 0.000806. The van der Waals surface area contributed by atoms with Gasteiger partial charge in [-0.1, -0.05) is 19.1 Å². The Morgan fingerprint density at radius 3 is 2.73 bits per heavy atom. The van der Waals surface area contributed by atoms with Gasteiger partial charge >= 0.3 is 0 Å². The van der Waals surface area contributed by atoms with Crippen molar-refractivity contribution < 1.29 is 23.5 Å². The molecule has 1 N–H and O–H groups in total. The number of hydrogen-bond donors (Lipinski definition) is 1. The summed E-state index contributed by atoms with van der Waals surface area (Å²) in [6.45, 7) is 6.07. The molecule has 4 rings (SSSR count). The lowest BCUT2D eigenvalue weighted by molar-refractivity contribution is -0.135. The van der Waals surface area contributed by atoms with E-state index in [0.29, 0.717) is 19.4 Å². The molecule has 0 unspecified atom stereocenters. The van der Waals surface area contributed by atoms with Crippen LogP contribution < -0.4 is 10.3 Å². The smallest absolute Gasteiger partial charge is 0.297 e. The summed E-state index contributed by atoms with van der Waals surface area (Å²) >= 11 is 0. The Morgan fingerprint density at radius 2 is 2.03 bits per heavy atom. The largest absolute Gasteiger partial charge is 0.491 e. The SMILES string of the molecule is COc1cccn(-c2cccc(CC[C@H]3O[C@@H](CC(=O)N4CCC[C@H]4CO)[C@H]([Si](C)(C)F)[C@H]3C)c2)c1=O. The molecule has 202 valence electrons. The molecular weight excluding hydrogens is 491 g/mol. The number of aliphatic hydroxyl groups excluding tert-OH is 1. The highest BCUT2D eigenvalue weighted by Crippen LogP contribution is 2.47. The topological polar surface area (TPSA) is 81.0 Å². The van der Waals surface area contributed by atoms with Crippen LogP contribution in [-0.4, -0.2) is 67.4 Å². The van der Waals surface area contributed by atoms with Gasteiger partial charge in [0.05, 0.1) is 38.4 Å². The summed E-state index contributed by atoms with van der Waals surface area (Å²) in [5, 5.41) is 9.62. The number of rotatable bonds is 9. The Balaban J connectivity index is 1.46. The zero-order valence-corrected chi connectivity index (χ0v) is 23.2. The number of carbonyl (C=O) groups is 1. The van der Waals surface area contributed by atoms with Gasteiger partial charge < -0.3 is 23.6 Å². The highest BCUT2D eigenvalue weighted by atomic mass is 28.4. The fourth-order valence-corrected chi connectivity index (χ4v) is 8.77. The Kier molecular flexibility index (Phi) is 8.55. The summed E-state index contributed by atoms with van der Waals surface area (Å²) in [4.78, 5) is 27.5. The first-order valence-electron chi connectivity index (χ1n) is 13.2. The summed E-state index contributed by atoms with van der Waals surface area (Å²) in [7, 11) is -1.62. The summed E-state index contributed by atoms with van der Waals surface area (Å²) < 4.78 is 28.6. The van der Waals surface area contributed by atoms with Crippen LogP contribution >= 0.6 is 0 Å². The highest BCUT2D eigenvalue weighted by Gasteiger charge is 2.52. The molecule has 2 aromatic rings. The summed E-state index contributed by atoms with van der Waals surface area (Å²) in [6.07, 6.45) is 4.38. The quantitative estimate of drug-likeness (QED) is 0.390. The zero-order chi connectivity index (χ0) is 26.7. The van der Waals surface area contributed by atoms with Crippen LogP contribution in [-0.2, 0) is 16.0 Å². The summed E-state index contributed by atoms with van der Waals surface area (Å²) in [5.41, 5.74) is 1.32. The Morgan fingerprint density at radius 1 is 1.24 bits per heavy atom. The highest BCUT2D eigenvalue weighted by molar-refractivity contribution is 6.72. The van der Waals surface area contributed by atoms with Gasteiger partial charge in [0.1, 0.15) is 0 Å². The fraction of sp³-hybridized carbons (Fsp3) is 0.571. The first kappa shape index (κ1) is 27.5. The van der Waals surface area contributed by atoms with Crippen molar-refractivity contribution in [3.63, 3.8) is 0 Å². The molecule has 0 saturated carbocycles. The van der Waals surface area contributed by atoms with Crippen molar-refractivity contribution in [3.05, 3.63) is 58.5 Å². The molecule has 5 atom stereocenters. The van der Waals surface area contributed by atoms with Crippen LogP contribution in [0.2, 0.25) is 18.6 Å². The van der Waals surface area contributed by atoms with Crippen molar-refractivity contribution in [2.24, 2.45) is 5.92 Å². The number of likely N-dealkylation sites (tertiary alicyclic amines) is 1. The van der Waals surface area contributed by atoms with Crippen LogP contribution in [0.1, 0.15) is 38.2 Å². The number of hydrogen-bond acceptors (Lipinski definition) is 5. The van der Waals surface area contributed by atoms with Crippen LogP contribution in [0.25, 0.3) is 5.69 Å². The lowest BCUT2D eigenvalue weighted by atomic mass is 9.95. The Hall–Kier alpha value is -2.49. The molecule has 2 aliphatic heterocycles. The van der Waals surface area contributed by atoms with E-state index in [4.69, 9.17) is 9.47 Å². The number of amides is 1. The number of methoxy groups -OCH3 is 1. The predicted octanol–water partition coefficient (Wildman–Crippen LogP) is 4.10. The van der Waals surface area contributed by atoms with Gasteiger partial charge in [-0.3, -0.25) is 14.2 Å². The van der Waals surface area contributed by atoms with Crippen molar-refractivity contribution in [3.8, 4) is 11.4 Å². The first-order valence-corrected chi connectivity index (χ1v) is 16.2. The molecule has 3 heterocycles. The number of carbonyl (C=O) groups excluding carboxylic acids is 1. The number of aromatic nitrogens is 1. The third kappa shape index (κ3) is 5.99. The van der Waals surface area contributed by atoms with Crippen molar-refractivity contribution in [2.75, 3.05) is 20.3 Å². The first-order chi connectivity index (χ1) is 17.6. The van der Waals surface area contributed by atoms with E-state index in [-0.39, 0.29) is 53.8 Å². The molecule has 0 spiro atoms. The summed E-state index contributed by atoms with van der Waals surface area (Å²) in [6, 6.07) is 11.1. The lowest BCUT2D eigenvalue weighted by Gasteiger charge is -2.30.